The van der Waals surface area contributed by atoms with Crippen LogP contribution in [0, 0.1) is 6.92 Å². The van der Waals surface area contributed by atoms with E-state index in [0.717, 1.165) is 15.4 Å². The highest BCUT2D eigenvalue weighted by Gasteiger charge is 2.30. The zero-order valence-electron chi connectivity index (χ0n) is 21.7. The number of nitrogens with one attached hydrogen (secondary N) is 1. The fourth-order valence-corrected chi connectivity index (χ4v) is 5.58. The summed E-state index contributed by atoms with van der Waals surface area (Å²) >= 11 is 6.19. The molecule has 0 spiro atoms. The number of benzene rings is 3. The lowest BCUT2D eigenvalue weighted by Crippen LogP contribution is -2.40. The predicted octanol–water partition coefficient (Wildman–Crippen LogP) is 5.71. The Labute approximate surface area is 224 Å². The Morgan fingerprint density at radius 1 is 1.05 bits per heavy atom. The van der Waals surface area contributed by atoms with Crippen molar-refractivity contribution in [2.75, 3.05) is 18.0 Å². The number of aryl methyl sites for hydroxylation is 1. The summed E-state index contributed by atoms with van der Waals surface area (Å²) in [6.45, 7) is 7.37. The molecule has 0 atom stereocenters. The van der Waals surface area contributed by atoms with Gasteiger partial charge in [0.25, 0.3) is 15.9 Å². The summed E-state index contributed by atoms with van der Waals surface area (Å²) < 4.78 is 33.7. The summed E-state index contributed by atoms with van der Waals surface area (Å²) in [5.41, 5.74) is 5.23. The van der Waals surface area contributed by atoms with Gasteiger partial charge >= 0.3 is 0 Å². The molecule has 0 aliphatic heterocycles. The number of carbonyl (C=O) groups is 1. The molecule has 7 nitrogen and oxygen atoms in total. The van der Waals surface area contributed by atoms with Gasteiger partial charge in [0.15, 0.2) is 0 Å². The van der Waals surface area contributed by atoms with E-state index in [-0.39, 0.29) is 21.7 Å². The first-order valence-corrected chi connectivity index (χ1v) is 13.6. The highest BCUT2D eigenvalue weighted by atomic mass is 35.5. The minimum atomic E-state index is -4.13. The molecule has 37 heavy (non-hydrogen) atoms. The van der Waals surface area contributed by atoms with Crippen molar-refractivity contribution < 1.29 is 17.9 Å². The zero-order valence-corrected chi connectivity index (χ0v) is 23.2. The van der Waals surface area contributed by atoms with Crippen molar-refractivity contribution >= 4 is 38.9 Å². The standard InChI is InChI=1S/C28H32ClN3O4S/c1-20-11-14-24(15-12-20)37(34,35)32(25-17-23(29)13-16-26(25)36-5)19-27(33)31-30-21(2)18-28(3,4)22-9-7-6-8-10-22/h6-17H,18-19H2,1-5H3,(H,31,33)/b30-21-. The number of hydrogen-bond donors (Lipinski definition) is 1. The van der Waals surface area contributed by atoms with Crippen LogP contribution < -0.4 is 14.5 Å². The monoisotopic (exact) mass is 541 g/mol. The number of nitrogens with zero attached hydrogens (tertiary/aromatic N) is 2. The molecule has 196 valence electrons. The maximum absolute atomic E-state index is 13.7. The van der Waals surface area contributed by atoms with Crippen LogP contribution in [0.4, 0.5) is 5.69 Å². The highest BCUT2D eigenvalue weighted by molar-refractivity contribution is 7.92. The minimum Gasteiger partial charge on any atom is -0.495 e. The van der Waals surface area contributed by atoms with Crippen LogP contribution in [0.2, 0.25) is 5.02 Å². The Morgan fingerprint density at radius 3 is 2.32 bits per heavy atom. The lowest BCUT2D eigenvalue weighted by Gasteiger charge is -2.26. The predicted molar refractivity (Wildman–Crippen MR) is 149 cm³/mol. The largest absolute Gasteiger partial charge is 0.495 e. The number of rotatable bonds is 10. The average Bonchev–Trinajstić information content (AvgIpc) is 2.86. The Hall–Kier alpha value is -3.36. The first-order chi connectivity index (χ1) is 17.4. The molecular formula is C28H32ClN3O4S. The van der Waals surface area contributed by atoms with Gasteiger partial charge in [-0.15, -0.1) is 0 Å². The molecule has 3 aromatic carbocycles. The topological polar surface area (TPSA) is 88.1 Å². The summed E-state index contributed by atoms with van der Waals surface area (Å²) in [7, 11) is -2.71. The van der Waals surface area contributed by atoms with Crippen LogP contribution in [0.5, 0.6) is 5.75 Å². The molecule has 1 amide bonds. The molecule has 3 rings (SSSR count). The van der Waals surface area contributed by atoms with E-state index in [1.165, 1.54) is 25.3 Å². The number of methoxy groups -OCH3 is 1. The molecule has 3 aromatic rings. The van der Waals surface area contributed by atoms with Crippen LogP contribution in [-0.4, -0.2) is 33.7 Å². The van der Waals surface area contributed by atoms with Gasteiger partial charge in [-0.25, -0.2) is 13.8 Å². The highest BCUT2D eigenvalue weighted by Crippen LogP contribution is 2.35. The van der Waals surface area contributed by atoms with Crippen molar-refractivity contribution in [2.24, 2.45) is 5.10 Å². The Kier molecular flexibility index (Phi) is 8.99. The average molecular weight is 542 g/mol. The van der Waals surface area contributed by atoms with Crippen molar-refractivity contribution in [3.8, 4) is 5.75 Å². The van der Waals surface area contributed by atoms with Gasteiger partial charge < -0.3 is 4.74 Å². The van der Waals surface area contributed by atoms with Crippen LogP contribution in [0.15, 0.2) is 82.8 Å². The second-order valence-electron chi connectivity index (χ2n) is 9.45. The van der Waals surface area contributed by atoms with Gasteiger partial charge in [0.2, 0.25) is 0 Å². The van der Waals surface area contributed by atoms with Crippen molar-refractivity contribution in [3.05, 3.63) is 88.9 Å². The molecule has 0 unspecified atom stereocenters. The summed E-state index contributed by atoms with van der Waals surface area (Å²) in [6.07, 6.45) is 0.602. The molecule has 0 saturated heterocycles. The lowest BCUT2D eigenvalue weighted by atomic mass is 9.80. The smallest absolute Gasteiger partial charge is 0.264 e. The van der Waals surface area contributed by atoms with E-state index in [1.807, 2.05) is 32.0 Å². The van der Waals surface area contributed by atoms with Crippen molar-refractivity contribution in [2.45, 2.75) is 44.4 Å². The molecule has 0 radical (unpaired) electrons. The number of carbonyl (C=O) groups excluding carboxylic acids is 1. The number of sulfonamides is 1. The molecule has 0 saturated carbocycles. The van der Waals surface area contributed by atoms with E-state index in [4.69, 9.17) is 16.3 Å². The maximum atomic E-state index is 13.7. The van der Waals surface area contributed by atoms with E-state index < -0.39 is 22.5 Å². The van der Waals surface area contributed by atoms with Gasteiger partial charge in [-0.2, -0.15) is 5.10 Å². The van der Waals surface area contributed by atoms with E-state index >= 15 is 0 Å². The Balaban J connectivity index is 1.87. The second-order valence-corrected chi connectivity index (χ2v) is 11.7. The normalized spacial score (nSPS) is 12.2. The molecular weight excluding hydrogens is 510 g/mol. The molecule has 0 aromatic heterocycles. The van der Waals surface area contributed by atoms with Gasteiger partial charge in [0.05, 0.1) is 17.7 Å². The van der Waals surface area contributed by atoms with Gasteiger partial charge in [-0.1, -0.05) is 73.5 Å². The van der Waals surface area contributed by atoms with Gasteiger partial charge in [0.1, 0.15) is 12.3 Å². The first kappa shape index (κ1) is 28.2. The molecule has 0 aliphatic carbocycles. The number of anilines is 1. The Morgan fingerprint density at radius 2 is 1.70 bits per heavy atom. The molecule has 0 bridgehead atoms. The fraction of sp³-hybridized carbons (Fsp3) is 0.286. The summed E-state index contributed by atoms with van der Waals surface area (Å²) in [5.74, 6) is -0.341. The second kappa shape index (κ2) is 11.8. The van der Waals surface area contributed by atoms with Crippen LogP contribution >= 0.6 is 11.6 Å². The summed E-state index contributed by atoms with van der Waals surface area (Å²) in [4.78, 5) is 13.0. The van der Waals surface area contributed by atoms with Crippen LogP contribution in [0.3, 0.4) is 0 Å². The third-order valence-electron chi connectivity index (χ3n) is 5.93. The third kappa shape index (κ3) is 7.11. The van der Waals surface area contributed by atoms with Gasteiger partial charge in [0, 0.05) is 10.7 Å². The van der Waals surface area contributed by atoms with Crippen LogP contribution in [-0.2, 0) is 20.2 Å². The van der Waals surface area contributed by atoms with Crippen molar-refractivity contribution in [3.63, 3.8) is 0 Å². The van der Waals surface area contributed by atoms with E-state index in [9.17, 15) is 13.2 Å². The third-order valence-corrected chi connectivity index (χ3v) is 7.94. The molecule has 9 heteroatoms. The number of ether oxygens (including phenoxy) is 1. The fourth-order valence-electron chi connectivity index (χ4n) is 3.99. The first-order valence-electron chi connectivity index (χ1n) is 11.7. The molecule has 0 fully saturated rings. The molecule has 1 N–H and O–H groups in total. The van der Waals surface area contributed by atoms with Crippen LogP contribution in [0.25, 0.3) is 0 Å². The lowest BCUT2D eigenvalue weighted by molar-refractivity contribution is -0.119. The van der Waals surface area contributed by atoms with Crippen LogP contribution in [0.1, 0.15) is 38.3 Å². The number of hydrazone groups is 1. The van der Waals surface area contributed by atoms with Gasteiger partial charge in [-0.05, 0) is 61.6 Å². The quantitative estimate of drug-likeness (QED) is 0.263. The SMILES string of the molecule is COc1ccc(Cl)cc1N(CC(=O)N/N=C(/C)CC(C)(C)c1ccccc1)S(=O)(=O)c1ccc(C)cc1. The van der Waals surface area contributed by atoms with E-state index in [1.54, 1.807) is 24.3 Å². The molecule has 0 aliphatic rings. The zero-order chi connectivity index (χ0) is 27.2. The molecule has 0 heterocycles. The number of amides is 1. The Bertz CT molecular complexity index is 1370. The van der Waals surface area contributed by atoms with Gasteiger partial charge in [-0.3, -0.25) is 9.10 Å². The van der Waals surface area contributed by atoms with Crippen molar-refractivity contribution in [1.82, 2.24) is 5.43 Å². The number of halogens is 1. The van der Waals surface area contributed by atoms with E-state index in [0.29, 0.717) is 17.2 Å². The maximum Gasteiger partial charge on any atom is 0.264 e. The van der Waals surface area contributed by atoms with Crippen molar-refractivity contribution in [1.29, 1.82) is 0 Å². The summed E-state index contributed by atoms with van der Waals surface area (Å²) in [5, 5.41) is 4.55. The van der Waals surface area contributed by atoms with E-state index in [2.05, 4.69) is 36.5 Å². The minimum absolute atomic E-state index is 0.0391. The summed E-state index contributed by atoms with van der Waals surface area (Å²) in [6, 6.07) is 21.0. The number of hydrogen-bond acceptors (Lipinski definition) is 5.